The fourth-order valence-corrected chi connectivity index (χ4v) is 2.67. The second-order valence-electron chi connectivity index (χ2n) is 7.43. The van der Waals surface area contributed by atoms with E-state index in [0.717, 1.165) is 25.7 Å². The fraction of sp³-hybridized carbons (Fsp3) is 0.684. The molecule has 0 N–H and O–H groups in total. The molecule has 23 heavy (non-hydrogen) atoms. The second-order valence-corrected chi connectivity index (χ2v) is 7.43. The van der Waals surface area contributed by atoms with E-state index in [1.165, 1.54) is 18.3 Å². The fourth-order valence-electron chi connectivity index (χ4n) is 2.67. The van der Waals surface area contributed by atoms with E-state index in [-0.39, 0.29) is 11.6 Å². The van der Waals surface area contributed by atoms with E-state index < -0.39 is 22.8 Å². The van der Waals surface area contributed by atoms with Crippen molar-refractivity contribution >= 4 is 5.97 Å². The monoisotopic (exact) mass is 323 g/mol. The molecule has 0 fully saturated rings. The third kappa shape index (κ3) is 5.02. The highest BCUT2D eigenvalue weighted by atomic mass is 19.1. The first kappa shape index (κ1) is 19.6. The van der Waals surface area contributed by atoms with Gasteiger partial charge in [0.2, 0.25) is 0 Å². The van der Waals surface area contributed by atoms with Crippen molar-refractivity contribution in [3.8, 4) is 0 Å². The molecule has 130 valence electrons. The van der Waals surface area contributed by atoms with Crippen LogP contribution >= 0.6 is 0 Å². The first-order chi connectivity index (χ1) is 10.6. The lowest BCUT2D eigenvalue weighted by atomic mass is 9.72. The number of hydrogen-bond acceptors (Lipinski definition) is 3. The summed E-state index contributed by atoms with van der Waals surface area (Å²) >= 11 is 0. The third-order valence-corrected chi connectivity index (χ3v) is 4.30. The largest absolute Gasteiger partial charge is 0.459 e. The summed E-state index contributed by atoms with van der Waals surface area (Å²) in [4.78, 5) is 17.1. The smallest absolute Gasteiger partial charge is 0.318 e. The molecule has 0 saturated carbocycles. The topological polar surface area (TPSA) is 39.2 Å². The highest BCUT2D eigenvalue weighted by Gasteiger charge is 2.46. The van der Waals surface area contributed by atoms with Gasteiger partial charge in [-0.2, -0.15) is 0 Å². The van der Waals surface area contributed by atoms with Crippen molar-refractivity contribution < 1.29 is 13.9 Å². The van der Waals surface area contributed by atoms with Crippen LogP contribution in [0, 0.1) is 11.7 Å². The molecule has 1 aromatic heterocycles. The van der Waals surface area contributed by atoms with Crippen molar-refractivity contribution in [3.05, 3.63) is 29.8 Å². The van der Waals surface area contributed by atoms with Gasteiger partial charge in [0.25, 0.3) is 0 Å². The van der Waals surface area contributed by atoms with E-state index in [1.807, 2.05) is 27.7 Å². The first-order valence-corrected chi connectivity index (χ1v) is 8.47. The van der Waals surface area contributed by atoms with Crippen LogP contribution in [0.3, 0.4) is 0 Å². The molecule has 1 aromatic rings. The minimum Gasteiger partial charge on any atom is -0.459 e. The van der Waals surface area contributed by atoms with Crippen LogP contribution in [0.1, 0.15) is 72.9 Å². The van der Waals surface area contributed by atoms with Crippen LogP contribution in [0.25, 0.3) is 0 Å². The molecule has 2 atom stereocenters. The summed E-state index contributed by atoms with van der Waals surface area (Å²) in [6.07, 6.45) is 5.57. The summed E-state index contributed by atoms with van der Waals surface area (Å²) in [6.45, 7) is 11.3. The number of rotatable bonds is 7. The van der Waals surface area contributed by atoms with Gasteiger partial charge in [0, 0.05) is 6.20 Å². The van der Waals surface area contributed by atoms with E-state index in [2.05, 4.69) is 11.9 Å². The molecule has 1 rings (SSSR count). The Morgan fingerprint density at radius 1 is 1.30 bits per heavy atom. The Morgan fingerprint density at radius 3 is 2.48 bits per heavy atom. The summed E-state index contributed by atoms with van der Waals surface area (Å²) in [5.41, 5.74) is -1.53. The van der Waals surface area contributed by atoms with Gasteiger partial charge >= 0.3 is 5.97 Å². The molecule has 0 saturated heterocycles. The lowest BCUT2D eigenvalue weighted by Crippen LogP contribution is -2.45. The van der Waals surface area contributed by atoms with Crippen LogP contribution in [-0.4, -0.2) is 16.6 Å². The number of ether oxygens (including phenoxy) is 1. The molecule has 4 heteroatoms. The maximum atomic E-state index is 14.4. The molecule has 0 aliphatic carbocycles. The summed E-state index contributed by atoms with van der Waals surface area (Å²) in [5, 5.41) is 0. The quantitative estimate of drug-likeness (QED) is 0.521. The summed E-state index contributed by atoms with van der Waals surface area (Å²) < 4.78 is 20.0. The van der Waals surface area contributed by atoms with Crippen LogP contribution in [0.15, 0.2) is 18.3 Å². The number of carbonyl (C=O) groups excluding carboxylic acids is 1. The Morgan fingerprint density at radius 2 is 1.96 bits per heavy atom. The van der Waals surface area contributed by atoms with Gasteiger partial charge < -0.3 is 4.74 Å². The number of aromatic nitrogens is 1. The first-order valence-electron chi connectivity index (χ1n) is 8.47. The number of pyridine rings is 1. The standard InChI is InChI=1S/C19H30FNO2/c1-7-8-9-11-14(2)19(6,17(22)23-18(3,4)5)16-15(20)12-10-13-21-16/h10,12-14H,7-9,11H2,1-6H3. The zero-order chi connectivity index (χ0) is 17.7. The number of esters is 1. The Balaban J connectivity index is 3.19. The van der Waals surface area contributed by atoms with Gasteiger partial charge in [-0.25, -0.2) is 4.39 Å². The average molecular weight is 323 g/mol. The Bertz CT molecular complexity index is 524. The SMILES string of the molecule is CCCCCC(C)C(C)(C(=O)OC(C)(C)C)c1ncccc1F. The third-order valence-electron chi connectivity index (χ3n) is 4.30. The molecule has 3 nitrogen and oxygen atoms in total. The normalized spacial score (nSPS) is 15.8. The maximum Gasteiger partial charge on any atom is 0.318 e. The van der Waals surface area contributed by atoms with Gasteiger partial charge in [0.1, 0.15) is 16.8 Å². The van der Waals surface area contributed by atoms with Crippen molar-refractivity contribution in [2.45, 2.75) is 78.2 Å². The minimum absolute atomic E-state index is 0.0618. The van der Waals surface area contributed by atoms with Gasteiger partial charge in [-0.15, -0.1) is 0 Å². The lowest BCUT2D eigenvalue weighted by molar-refractivity contribution is -0.164. The summed E-state index contributed by atoms with van der Waals surface area (Å²) in [7, 11) is 0. The minimum atomic E-state index is -1.09. The second kappa shape index (κ2) is 7.89. The number of halogens is 1. The molecule has 0 radical (unpaired) electrons. The van der Waals surface area contributed by atoms with Crippen molar-refractivity contribution in [3.63, 3.8) is 0 Å². The Labute approximate surface area is 139 Å². The highest BCUT2D eigenvalue weighted by molar-refractivity contribution is 5.83. The number of unbranched alkanes of at least 4 members (excludes halogenated alkanes) is 2. The van der Waals surface area contributed by atoms with Crippen LogP contribution in [0.4, 0.5) is 4.39 Å². The van der Waals surface area contributed by atoms with E-state index in [4.69, 9.17) is 4.74 Å². The maximum absolute atomic E-state index is 14.4. The van der Waals surface area contributed by atoms with Crippen LogP contribution in [0.5, 0.6) is 0 Å². The van der Waals surface area contributed by atoms with Gasteiger partial charge in [-0.3, -0.25) is 9.78 Å². The van der Waals surface area contributed by atoms with E-state index in [1.54, 1.807) is 6.92 Å². The van der Waals surface area contributed by atoms with Crippen LogP contribution in [-0.2, 0) is 14.9 Å². The predicted octanol–water partition coefficient (Wildman–Crippen LogP) is 5.04. The van der Waals surface area contributed by atoms with Gasteiger partial charge in [0.05, 0.1) is 5.69 Å². The van der Waals surface area contributed by atoms with Crippen molar-refractivity contribution in [2.75, 3.05) is 0 Å². The molecule has 0 amide bonds. The van der Waals surface area contributed by atoms with Crippen LogP contribution < -0.4 is 0 Å². The van der Waals surface area contributed by atoms with Gasteiger partial charge in [0.15, 0.2) is 0 Å². The number of nitrogens with zero attached hydrogens (tertiary/aromatic N) is 1. The molecular weight excluding hydrogens is 293 g/mol. The average Bonchev–Trinajstić information content (AvgIpc) is 2.45. The highest BCUT2D eigenvalue weighted by Crippen LogP contribution is 2.37. The Kier molecular flexibility index (Phi) is 6.72. The van der Waals surface area contributed by atoms with E-state index >= 15 is 0 Å². The van der Waals surface area contributed by atoms with E-state index in [0.29, 0.717) is 0 Å². The van der Waals surface area contributed by atoms with Gasteiger partial charge in [-0.1, -0.05) is 33.1 Å². The lowest BCUT2D eigenvalue weighted by Gasteiger charge is -2.35. The summed E-state index contributed by atoms with van der Waals surface area (Å²) in [5.74, 6) is -0.928. The molecule has 1 heterocycles. The van der Waals surface area contributed by atoms with Crippen LogP contribution in [0.2, 0.25) is 0 Å². The van der Waals surface area contributed by atoms with Crippen molar-refractivity contribution in [2.24, 2.45) is 5.92 Å². The molecule has 0 aliphatic rings. The molecule has 2 unspecified atom stereocenters. The summed E-state index contributed by atoms with van der Waals surface area (Å²) in [6, 6.07) is 2.89. The molecular formula is C19H30FNO2. The Hall–Kier alpha value is -1.45. The molecule has 0 bridgehead atoms. The van der Waals surface area contributed by atoms with Crippen molar-refractivity contribution in [1.29, 1.82) is 0 Å². The zero-order valence-electron chi connectivity index (χ0n) is 15.3. The number of carbonyl (C=O) groups is 1. The molecule has 0 aliphatic heterocycles. The number of hydrogen-bond donors (Lipinski definition) is 0. The molecule has 0 spiro atoms. The zero-order valence-corrected chi connectivity index (χ0v) is 15.3. The van der Waals surface area contributed by atoms with E-state index in [9.17, 15) is 9.18 Å². The molecule has 0 aromatic carbocycles. The predicted molar refractivity (Wildman–Crippen MR) is 90.7 cm³/mol. The van der Waals surface area contributed by atoms with Gasteiger partial charge in [-0.05, 0) is 52.2 Å². The van der Waals surface area contributed by atoms with Crippen molar-refractivity contribution in [1.82, 2.24) is 4.98 Å².